The van der Waals surface area contributed by atoms with Gasteiger partial charge in [0.1, 0.15) is 24.2 Å². The number of ether oxygens (including phenoxy) is 3. The second kappa shape index (κ2) is 11.5. The summed E-state index contributed by atoms with van der Waals surface area (Å²) in [4.78, 5) is 8.62. The molecule has 3 rings (SSSR count). The number of nitrogens with zero attached hydrogens (tertiary/aromatic N) is 4. The van der Waals surface area contributed by atoms with Crippen molar-refractivity contribution in [3.8, 4) is 17.5 Å². The van der Waals surface area contributed by atoms with E-state index in [9.17, 15) is 5.11 Å². The van der Waals surface area contributed by atoms with Gasteiger partial charge in [0.05, 0.1) is 19.0 Å². The number of methoxy groups -OCH3 is 1. The summed E-state index contributed by atoms with van der Waals surface area (Å²) in [6.45, 7) is 3.42. The van der Waals surface area contributed by atoms with E-state index in [4.69, 9.17) is 19.9 Å². The van der Waals surface area contributed by atoms with Gasteiger partial charge in [-0.15, -0.1) is 5.10 Å². The molecule has 2 heterocycles. The lowest BCUT2D eigenvalue weighted by Crippen LogP contribution is -2.20. The summed E-state index contributed by atoms with van der Waals surface area (Å²) in [5.41, 5.74) is 8.35. The van der Waals surface area contributed by atoms with Crippen LogP contribution in [0.4, 0.5) is 5.82 Å². The third kappa shape index (κ3) is 5.77. The number of aliphatic hydroxyl groups is 1. The molecule has 10 nitrogen and oxygen atoms in total. The summed E-state index contributed by atoms with van der Waals surface area (Å²) in [6, 6.07) is 5.92. The quantitative estimate of drug-likeness (QED) is 0.338. The van der Waals surface area contributed by atoms with Crippen LogP contribution in [0.25, 0.3) is 5.65 Å². The van der Waals surface area contributed by atoms with E-state index in [1.54, 1.807) is 17.8 Å². The van der Waals surface area contributed by atoms with Gasteiger partial charge in [-0.05, 0) is 19.5 Å². The number of fused-ring (bicyclic) bond motifs is 1. The first-order valence-electron chi connectivity index (χ1n) is 10.8. The first-order chi connectivity index (χ1) is 15.6. The van der Waals surface area contributed by atoms with E-state index in [1.165, 1.54) is 0 Å². The molecule has 32 heavy (non-hydrogen) atoms. The molecule has 0 saturated carbocycles. The Hall–Kier alpha value is -3.11. The van der Waals surface area contributed by atoms with Gasteiger partial charge in [-0.3, -0.25) is 0 Å². The maximum absolute atomic E-state index is 9.29. The van der Waals surface area contributed by atoms with E-state index in [0.29, 0.717) is 30.8 Å². The highest BCUT2D eigenvalue weighted by atomic mass is 16.5. The molecule has 0 amide bonds. The minimum Gasteiger partial charge on any atom is -0.496 e. The number of aliphatic hydroxyl groups excluding tert-OH is 1. The zero-order valence-corrected chi connectivity index (χ0v) is 18.9. The molecular formula is C22H32N6O4. The highest BCUT2D eigenvalue weighted by Crippen LogP contribution is 2.27. The summed E-state index contributed by atoms with van der Waals surface area (Å²) in [7, 11) is 3.51. The van der Waals surface area contributed by atoms with Gasteiger partial charge in [-0.1, -0.05) is 19.4 Å². The highest BCUT2D eigenvalue weighted by molar-refractivity contribution is 5.60. The van der Waals surface area contributed by atoms with E-state index in [-0.39, 0.29) is 24.5 Å². The van der Waals surface area contributed by atoms with E-state index in [0.717, 1.165) is 36.4 Å². The predicted molar refractivity (Wildman–Crippen MR) is 121 cm³/mol. The summed E-state index contributed by atoms with van der Waals surface area (Å²) in [5, 5.41) is 16.8. The first kappa shape index (κ1) is 23.6. The minimum atomic E-state index is -0.177. The van der Waals surface area contributed by atoms with E-state index >= 15 is 0 Å². The van der Waals surface area contributed by atoms with Crippen LogP contribution in [0.15, 0.2) is 24.4 Å². The van der Waals surface area contributed by atoms with Crippen LogP contribution in [0.5, 0.6) is 17.5 Å². The molecule has 1 aromatic carbocycles. The number of rotatable bonds is 13. The zero-order valence-electron chi connectivity index (χ0n) is 18.9. The molecular weight excluding hydrogens is 412 g/mol. The van der Waals surface area contributed by atoms with Crippen LogP contribution in [0.2, 0.25) is 0 Å². The predicted octanol–water partition coefficient (Wildman–Crippen LogP) is 1.83. The number of nitrogen functional groups attached to an aromatic ring is 1. The number of benzene rings is 1. The highest BCUT2D eigenvalue weighted by Gasteiger charge is 2.17. The first-order valence-corrected chi connectivity index (χ1v) is 10.8. The van der Waals surface area contributed by atoms with Gasteiger partial charge >= 0.3 is 6.01 Å². The van der Waals surface area contributed by atoms with Crippen LogP contribution in [-0.2, 0) is 6.42 Å². The number of nitrogens with two attached hydrogens (primary N) is 1. The van der Waals surface area contributed by atoms with Crippen molar-refractivity contribution in [3.63, 3.8) is 0 Å². The molecule has 0 aliphatic carbocycles. The second-order valence-electron chi connectivity index (χ2n) is 7.41. The van der Waals surface area contributed by atoms with E-state index in [1.807, 2.05) is 25.2 Å². The molecule has 0 aliphatic heterocycles. The molecule has 4 N–H and O–H groups in total. The Morgan fingerprint density at radius 3 is 2.84 bits per heavy atom. The number of anilines is 1. The number of likely N-dealkylation sites (N-methyl/N-ethyl adjacent to an activating group) is 1. The fourth-order valence-electron chi connectivity index (χ4n) is 3.40. The third-order valence-corrected chi connectivity index (χ3v) is 5.02. The van der Waals surface area contributed by atoms with Crippen molar-refractivity contribution in [1.29, 1.82) is 0 Å². The van der Waals surface area contributed by atoms with Crippen LogP contribution in [0.3, 0.4) is 0 Å². The minimum absolute atomic E-state index is 0.0349. The van der Waals surface area contributed by atoms with Crippen molar-refractivity contribution in [2.45, 2.75) is 38.7 Å². The fraction of sp³-hybridized carbons (Fsp3) is 0.500. The van der Waals surface area contributed by atoms with Gasteiger partial charge in [0.25, 0.3) is 0 Å². The molecule has 174 valence electrons. The Kier molecular flexibility index (Phi) is 8.46. The average molecular weight is 445 g/mol. The van der Waals surface area contributed by atoms with Crippen molar-refractivity contribution in [1.82, 2.24) is 24.9 Å². The van der Waals surface area contributed by atoms with Gasteiger partial charge in [-0.25, -0.2) is 9.50 Å². The summed E-state index contributed by atoms with van der Waals surface area (Å²) >= 11 is 0. The van der Waals surface area contributed by atoms with Crippen molar-refractivity contribution < 1.29 is 19.3 Å². The molecule has 0 aliphatic rings. The largest absolute Gasteiger partial charge is 0.496 e. The number of nitrogens with one attached hydrogen (secondary N) is 1. The number of hydrogen-bond donors (Lipinski definition) is 3. The van der Waals surface area contributed by atoms with Gasteiger partial charge in [0.15, 0.2) is 11.5 Å². The average Bonchev–Trinajstić information content (AvgIpc) is 3.18. The van der Waals surface area contributed by atoms with Crippen LogP contribution >= 0.6 is 0 Å². The molecule has 0 saturated heterocycles. The Morgan fingerprint density at radius 1 is 1.28 bits per heavy atom. The Bertz CT molecular complexity index is 1000. The normalized spacial score (nSPS) is 12.1. The lowest BCUT2D eigenvalue weighted by Gasteiger charge is -2.16. The van der Waals surface area contributed by atoms with Crippen molar-refractivity contribution in [2.24, 2.45) is 0 Å². The molecule has 0 fully saturated rings. The third-order valence-electron chi connectivity index (χ3n) is 5.02. The molecule has 1 atom stereocenters. The monoisotopic (exact) mass is 444 g/mol. The number of hydrogen-bond acceptors (Lipinski definition) is 9. The smallest absolute Gasteiger partial charge is 0.336 e. The van der Waals surface area contributed by atoms with Gasteiger partial charge in [0.2, 0.25) is 0 Å². The fourth-order valence-corrected chi connectivity index (χ4v) is 3.40. The molecule has 0 radical (unpaired) electrons. The van der Waals surface area contributed by atoms with Crippen LogP contribution in [0, 0.1) is 0 Å². The Morgan fingerprint density at radius 2 is 2.12 bits per heavy atom. The van der Waals surface area contributed by atoms with Crippen molar-refractivity contribution in [3.05, 3.63) is 35.7 Å². The zero-order chi connectivity index (χ0) is 22.9. The van der Waals surface area contributed by atoms with Crippen LogP contribution in [0.1, 0.15) is 37.4 Å². The van der Waals surface area contributed by atoms with Gasteiger partial charge in [-0.2, -0.15) is 4.98 Å². The van der Waals surface area contributed by atoms with Gasteiger partial charge in [0, 0.05) is 37.6 Å². The molecule has 3 aromatic rings. The van der Waals surface area contributed by atoms with Gasteiger partial charge < -0.3 is 30.4 Å². The standard InChI is InChI=1S/C22H32N6O4/c1-4-5-17(8-10-29)32-22-26-20(23)21-25-14-16(28(21)27-22)12-15-6-7-18(13-19(15)30-3)31-11-9-24-2/h6-7,13-14,17,24,29H,4-5,8-12H2,1-3H3,(H2,23,26,27)/t17-/m1/s1. The summed E-state index contributed by atoms with van der Waals surface area (Å²) < 4.78 is 18.9. The van der Waals surface area contributed by atoms with Crippen LogP contribution in [-0.4, -0.2) is 64.7 Å². The lowest BCUT2D eigenvalue weighted by atomic mass is 10.1. The van der Waals surface area contributed by atoms with Crippen molar-refractivity contribution in [2.75, 3.05) is 39.6 Å². The Balaban J connectivity index is 1.85. The second-order valence-corrected chi connectivity index (χ2v) is 7.41. The summed E-state index contributed by atoms with van der Waals surface area (Å²) in [5.74, 6) is 1.69. The number of aromatic nitrogens is 4. The van der Waals surface area contributed by atoms with E-state index < -0.39 is 0 Å². The molecule has 10 heteroatoms. The van der Waals surface area contributed by atoms with Crippen molar-refractivity contribution >= 4 is 11.5 Å². The topological polar surface area (TPSA) is 129 Å². The molecule has 0 spiro atoms. The molecule has 0 unspecified atom stereocenters. The number of imidazole rings is 1. The maximum Gasteiger partial charge on any atom is 0.336 e. The molecule has 0 bridgehead atoms. The van der Waals surface area contributed by atoms with E-state index in [2.05, 4.69) is 27.3 Å². The molecule has 2 aromatic heterocycles. The maximum atomic E-state index is 9.29. The summed E-state index contributed by atoms with van der Waals surface area (Å²) in [6.07, 6.45) is 4.28. The Labute approximate surface area is 187 Å². The lowest BCUT2D eigenvalue weighted by molar-refractivity contribution is 0.133. The SMILES string of the molecule is CCC[C@H](CCO)Oc1nc(N)c2ncc(Cc3ccc(OCCNC)cc3OC)n2n1. The van der Waals surface area contributed by atoms with Crippen LogP contribution < -0.4 is 25.3 Å².